The summed E-state index contributed by atoms with van der Waals surface area (Å²) < 4.78 is 46.4. The number of aryl methyl sites for hydroxylation is 1. The molecule has 1 unspecified atom stereocenters. The van der Waals surface area contributed by atoms with Gasteiger partial charge in [0.2, 0.25) is 11.7 Å². The van der Waals surface area contributed by atoms with Crippen LogP contribution < -0.4 is 5.32 Å². The van der Waals surface area contributed by atoms with Gasteiger partial charge in [-0.15, -0.1) is 0 Å². The summed E-state index contributed by atoms with van der Waals surface area (Å²) in [6.45, 7) is 7.16. The summed E-state index contributed by atoms with van der Waals surface area (Å²) in [6.07, 6.45) is -3.91. The molecule has 1 aliphatic rings. The number of fused-ring (bicyclic) bond motifs is 1. The second-order valence-electron chi connectivity index (χ2n) is 7.22. The van der Waals surface area contributed by atoms with Crippen molar-refractivity contribution in [2.75, 3.05) is 32.8 Å². The molecule has 3 rings (SSSR count). The molecule has 2 heterocycles. The molecule has 1 atom stereocenters. The zero-order chi connectivity index (χ0) is 20.3. The maximum absolute atomic E-state index is 13.4. The number of amides is 1. The minimum absolute atomic E-state index is 0.138. The van der Waals surface area contributed by atoms with Crippen molar-refractivity contribution in [3.05, 3.63) is 29.6 Å². The first kappa shape index (κ1) is 20.6. The van der Waals surface area contributed by atoms with Crippen LogP contribution in [0.3, 0.4) is 0 Å². The van der Waals surface area contributed by atoms with Crippen LogP contribution in [0.5, 0.6) is 0 Å². The Morgan fingerprint density at radius 2 is 2.04 bits per heavy atom. The molecule has 6 nitrogen and oxygen atoms in total. The summed E-state index contributed by atoms with van der Waals surface area (Å²) >= 11 is 0. The number of nitrogens with one attached hydrogen (secondary N) is 1. The summed E-state index contributed by atoms with van der Waals surface area (Å²) in [5, 5.41) is 2.80. The van der Waals surface area contributed by atoms with Crippen molar-refractivity contribution >= 4 is 16.9 Å². The molecule has 154 valence electrons. The lowest BCUT2D eigenvalue weighted by molar-refractivity contribution is -0.147. The summed E-state index contributed by atoms with van der Waals surface area (Å²) in [6, 6.07) is 4.72. The molecule has 0 aliphatic carbocycles. The van der Waals surface area contributed by atoms with Crippen LogP contribution in [0.15, 0.2) is 18.2 Å². The summed E-state index contributed by atoms with van der Waals surface area (Å²) in [5.74, 6) is -1.51. The Kier molecular flexibility index (Phi) is 6.24. The highest BCUT2D eigenvalue weighted by molar-refractivity contribution is 5.81. The van der Waals surface area contributed by atoms with E-state index in [0.717, 1.165) is 36.2 Å². The minimum atomic E-state index is -4.63. The molecule has 1 fully saturated rings. The van der Waals surface area contributed by atoms with Crippen molar-refractivity contribution in [3.8, 4) is 0 Å². The average molecular weight is 398 g/mol. The van der Waals surface area contributed by atoms with E-state index in [9.17, 15) is 18.0 Å². The van der Waals surface area contributed by atoms with E-state index in [4.69, 9.17) is 4.74 Å². The Morgan fingerprint density at radius 1 is 1.32 bits per heavy atom. The monoisotopic (exact) mass is 398 g/mol. The molecule has 1 aromatic heterocycles. The quantitative estimate of drug-likeness (QED) is 0.813. The third kappa shape index (κ3) is 5.02. The molecule has 0 saturated carbocycles. The standard InChI is InChI=1S/C19H25F3N4O2/c1-13-3-4-15-16(11-13)26(18(24-15)19(20,21)22)12-17(27)23-14(2)5-6-25-7-9-28-10-8-25/h3-4,11,14H,5-10,12H2,1-2H3,(H,23,27). The molecule has 0 radical (unpaired) electrons. The number of nitrogens with zero attached hydrogens (tertiary/aromatic N) is 3. The zero-order valence-electron chi connectivity index (χ0n) is 16.1. The number of hydrogen-bond acceptors (Lipinski definition) is 4. The van der Waals surface area contributed by atoms with E-state index in [1.54, 1.807) is 25.1 Å². The highest BCUT2D eigenvalue weighted by atomic mass is 19.4. The predicted octanol–water partition coefficient (Wildman–Crippen LogP) is 2.59. The Bertz CT molecular complexity index is 828. The summed E-state index contributed by atoms with van der Waals surface area (Å²) in [7, 11) is 0. The maximum Gasteiger partial charge on any atom is 0.449 e. The Hall–Kier alpha value is -2.13. The number of alkyl halides is 3. The van der Waals surface area contributed by atoms with Gasteiger partial charge in [-0.25, -0.2) is 4.98 Å². The van der Waals surface area contributed by atoms with E-state index in [1.165, 1.54) is 0 Å². The van der Waals surface area contributed by atoms with E-state index in [-0.39, 0.29) is 11.6 Å². The molecule has 0 bridgehead atoms. The number of imidazole rings is 1. The largest absolute Gasteiger partial charge is 0.449 e. The molecule has 1 aliphatic heterocycles. The summed E-state index contributed by atoms with van der Waals surface area (Å²) in [4.78, 5) is 18.4. The van der Waals surface area contributed by atoms with Gasteiger partial charge in [-0.05, 0) is 38.0 Å². The van der Waals surface area contributed by atoms with Crippen molar-refractivity contribution in [3.63, 3.8) is 0 Å². The van der Waals surface area contributed by atoms with Crippen LogP contribution >= 0.6 is 0 Å². The fraction of sp³-hybridized carbons (Fsp3) is 0.579. The second-order valence-corrected chi connectivity index (χ2v) is 7.22. The molecule has 9 heteroatoms. The zero-order valence-corrected chi connectivity index (χ0v) is 16.1. The molecule has 1 amide bonds. The number of carbonyl (C=O) groups is 1. The van der Waals surface area contributed by atoms with Crippen molar-refractivity contribution < 1.29 is 22.7 Å². The van der Waals surface area contributed by atoms with Crippen LogP contribution in [0.4, 0.5) is 13.2 Å². The Morgan fingerprint density at radius 3 is 2.71 bits per heavy atom. The topological polar surface area (TPSA) is 59.4 Å². The number of aromatic nitrogens is 2. The van der Waals surface area contributed by atoms with Crippen molar-refractivity contribution in [1.29, 1.82) is 0 Å². The summed E-state index contributed by atoms with van der Waals surface area (Å²) in [5.41, 5.74) is 1.34. The van der Waals surface area contributed by atoms with Gasteiger partial charge in [0, 0.05) is 25.7 Å². The van der Waals surface area contributed by atoms with E-state index in [2.05, 4.69) is 15.2 Å². The molecule has 1 saturated heterocycles. The lowest BCUT2D eigenvalue weighted by Crippen LogP contribution is -2.41. The second kappa shape index (κ2) is 8.48. The van der Waals surface area contributed by atoms with Gasteiger partial charge in [-0.1, -0.05) is 6.07 Å². The fourth-order valence-corrected chi connectivity index (χ4v) is 3.35. The normalized spacial score (nSPS) is 17.0. The van der Waals surface area contributed by atoms with Crippen LogP contribution in [0.25, 0.3) is 11.0 Å². The van der Waals surface area contributed by atoms with Crippen molar-refractivity contribution in [2.45, 2.75) is 39.0 Å². The Balaban J connectivity index is 1.67. The SMILES string of the molecule is Cc1ccc2nc(C(F)(F)F)n(CC(=O)NC(C)CCN3CCOCC3)c2c1. The first-order valence-electron chi connectivity index (χ1n) is 9.37. The molecular formula is C19H25F3N4O2. The van der Waals surface area contributed by atoms with E-state index in [0.29, 0.717) is 18.7 Å². The number of benzene rings is 1. The molecule has 0 spiro atoms. The molecule has 1 N–H and O–H groups in total. The maximum atomic E-state index is 13.4. The minimum Gasteiger partial charge on any atom is -0.379 e. The van der Waals surface area contributed by atoms with Gasteiger partial charge < -0.3 is 14.6 Å². The molecule has 2 aromatic rings. The van der Waals surface area contributed by atoms with E-state index >= 15 is 0 Å². The van der Waals surface area contributed by atoms with Gasteiger partial charge in [0.15, 0.2) is 0 Å². The third-order valence-corrected chi connectivity index (χ3v) is 4.85. The Labute approximate surface area is 161 Å². The first-order valence-corrected chi connectivity index (χ1v) is 9.37. The molecule has 1 aromatic carbocycles. The third-order valence-electron chi connectivity index (χ3n) is 4.85. The van der Waals surface area contributed by atoms with E-state index in [1.807, 2.05) is 6.92 Å². The van der Waals surface area contributed by atoms with Gasteiger partial charge in [-0.3, -0.25) is 9.69 Å². The van der Waals surface area contributed by atoms with Gasteiger partial charge >= 0.3 is 6.18 Å². The fourth-order valence-electron chi connectivity index (χ4n) is 3.35. The lowest BCUT2D eigenvalue weighted by Gasteiger charge is -2.27. The number of hydrogen-bond donors (Lipinski definition) is 1. The van der Waals surface area contributed by atoms with E-state index < -0.39 is 24.5 Å². The number of halogens is 3. The number of morpholine rings is 1. The lowest BCUT2D eigenvalue weighted by atomic mass is 10.2. The first-order chi connectivity index (χ1) is 13.2. The van der Waals surface area contributed by atoms with Crippen LogP contribution in [-0.2, 0) is 22.3 Å². The van der Waals surface area contributed by atoms with Crippen LogP contribution in [0.2, 0.25) is 0 Å². The van der Waals surface area contributed by atoms with Gasteiger partial charge in [0.25, 0.3) is 0 Å². The number of carbonyl (C=O) groups excluding carboxylic acids is 1. The highest BCUT2D eigenvalue weighted by Crippen LogP contribution is 2.31. The number of rotatable bonds is 6. The van der Waals surface area contributed by atoms with Crippen LogP contribution in [-0.4, -0.2) is 59.2 Å². The average Bonchev–Trinajstić information content (AvgIpc) is 2.99. The van der Waals surface area contributed by atoms with Crippen molar-refractivity contribution in [1.82, 2.24) is 19.8 Å². The van der Waals surface area contributed by atoms with Crippen LogP contribution in [0.1, 0.15) is 24.7 Å². The van der Waals surface area contributed by atoms with Gasteiger partial charge in [0.1, 0.15) is 6.54 Å². The molecular weight excluding hydrogens is 373 g/mol. The predicted molar refractivity (Wildman–Crippen MR) is 99.0 cm³/mol. The highest BCUT2D eigenvalue weighted by Gasteiger charge is 2.38. The van der Waals surface area contributed by atoms with Crippen molar-refractivity contribution in [2.24, 2.45) is 0 Å². The smallest absolute Gasteiger partial charge is 0.379 e. The number of ether oxygens (including phenoxy) is 1. The van der Waals surface area contributed by atoms with Gasteiger partial charge in [-0.2, -0.15) is 13.2 Å². The van der Waals surface area contributed by atoms with Crippen LogP contribution in [0, 0.1) is 6.92 Å². The van der Waals surface area contributed by atoms with Gasteiger partial charge in [0.05, 0.1) is 24.2 Å². The molecule has 28 heavy (non-hydrogen) atoms.